The van der Waals surface area contributed by atoms with E-state index in [0.717, 1.165) is 55.6 Å². The summed E-state index contributed by atoms with van der Waals surface area (Å²) >= 11 is 0. The molecule has 0 aliphatic heterocycles. The van der Waals surface area contributed by atoms with E-state index in [1.54, 1.807) is 13.2 Å². The molecule has 0 aliphatic carbocycles. The predicted octanol–water partition coefficient (Wildman–Crippen LogP) is 6.26. The van der Waals surface area contributed by atoms with Gasteiger partial charge in [0.1, 0.15) is 5.75 Å². The molecule has 33 heavy (non-hydrogen) atoms. The predicted molar refractivity (Wildman–Crippen MR) is 138 cm³/mol. The zero-order valence-corrected chi connectivity index (χ0v) is 19.2. The molecule has 3 aromatic carbocycles. The molecule has 0 aliphatic rings. The average molecular weight is 437 g/mol. The van der Waals surface area contributed by atoms with Crippen LogP contribution in [0.2, 0.25) is 0 Å². The Morgan fingerprint density at radius 3 is 2.64 bits per heavy atom. The van der Waals surface area contributed by atoms with Crippen LogP contribution < -0.4 is 10.5 Å². The van der Waals surface area contributed by atoms with E-state index >= 15 is 0 Å². The van der Waals surface area contributed by atoms with E-state index in [2.05, 4.69) is 43.6 Å². The Morgan fingerprint density at radius 1 is 1.09 bits per heavy atom. The first-order chi connectivity index (χ1) is 15.9. The molecule has 0 bridgehead atoms. The Balaban J connectivity index is 1.61. The fraction of sp³-hybridized carbons (Fsp3) is 0.138. The number of benzene rings is 3. The monoisotopic (exact) mass is 436 g/mol. The van der Waals surface area contributed by atoms with Crippen LogP contribution in [0.5, 0.6) is 5.75 Å². The zero-order valence-electron chi connectivity index (χ0n) is 19.2. The third kappa shape index (κ3) is 4.60. The molecule has 4 aromatic rings. The van der Waals surface area contributed by atoms with Crippen molar-refractivity contribution in [3.8, 4) is 5.75 Å². The van der Waals surface area contributed by atoms with Crippen molar-refractivity contribution in [2.24, 2.45) is 0 Å². The molecule has 0 fully saturated rings. The lowest BCUT2D eigenvalue weighted by atomic mass is 9.94. The number of nitrogens with one attached hydrogen (secondary N) is 1. The molecule has 0 spiro atoms. The molecule has 0 saturated carbocycles. The smallest absolute Gasteiger partial charge is 0.160 e. The second-order valence-electron chi connectivity index (χ2n) is 8.28. The number of ether oxygens (including phenoxy) is 1. The summed E-state index contributed by atoms with van der Waals surface area (Å²) in [6.45, 7) is 8.47. The third-order valence-electron chi connectivity index (χ3n) is 6.12. The molecule has 1 heterocycles. The highest BCUT2D eigenvalue weighted by molar-refractivity contribution is 5.99. The number of hydrogen-bond acceptors (Lipinski definition) is 3. The molecular weight excluding hydrogens is 408 g/mol. The number of carbonyl (C=O) groups excluding carboxylic acids is 1. The van der Waals surface area contributed by atoms with Crippen LogP contribution in [-0.4, -0.2) is 17.9 Å². The van der Waals surface area contributed by atoms with E-state index in [-0.39, 0.29) is 12.2 Å². The minimum atomic E-state index is 0.00467. The van der Waals surface area contributed by atoms with Crippen LogP contribution in [0.4, 0.5) is 5.69 Å². The highest BCUT2D eigenvalue weighted by Crippen LogP contribution is 2.32. The highest BCUT2D eigenvalue weighted by Gasteiger charge is 2.11. The summed E-state index contributed by atoms with van der Waals surface area (Å²) in [5, 5.41) is 1.03. The molecular formula is C29H28N2O2. The fourth-order valence-electron chi connectivity index (χ4n) is 3.97. The summed E-state index contributed by atoms with van der Waals surface area (Å²) < 4.78 is 5.54. The number of para-hydroxylation sites is 1. The number of aromatic amines is 1. The van der Waals surface area contributed by atoms with E-state index in [1.165, 1.54) is 0 Å². The van der Waals surface area contributed by atoms with Crippen molar-refractivity contribution in [2.75, 3.05) is 12.8 Å². The third-order valence-corrected chi connectivity index (χ3v) is 6.12. The van der Waals surface area contributed by atoms with E-state index in [0.29, 0.717) is 5.69 Å². The summed E-state index contributed by atoms with van der Waals surface area (Å²) in [4.78, 5) is 15.8. The second-order valence-corrected chi connectivity index (χ2v) is 8.28. The lowest BCUT2D eigenvalue weighted by molar-refractivity contribution is -0.113. The first-order valence-electron chi connectivity index (χ1n) is 10.9. The van der Waals surface area contributed by atoms with Crippen LogP contribution in [0, 0.1) is 13.8 Å². The standard InChI is InChI=1S/C29H28N2O2/c1-18-13-24(16-29(33-4)19(18)2)20(3)21-10-12-28-26(15-21)23(17-31-28)9-11-25(32)14-22-7-5-6-8-27(22)30/h5-13,15-17,31H,3,14,30H2,1-2,4H3/b11-9+. The lowest BCUT2D eigenvalue weighted by Gasteiger charge is -2.13. The van der Waals surface area contributed by atoms with Crippen LogP contribution in [-0.2, 0) is 11.2 Å². The molecule has 0 saturated heterocycles. The highest BCUT2D eigenvalue weighted by atomic mass is 16.5. The maximum atomic E-state index is 12.5. The lowest BCUT2D eigenvalue weighted by Crippen LogP contribution is -2.01. The number of fused-ring (bicyclic) bond motifs is 1. The van der Waals surface area contributed by atoms with Gasteiger partial charge in [-0.05, 0) is 89.2 Å². The Morgan fingerprint density at radius 2 is 1.88 bits per heavy atom. The Labute approximate surface area is 194 Å². The van der Waals surface area contributed by atoms with E-state index in [1.807, 2.05) is 48.7 Å². The number of nitrogens with two attached hydrogens (primary N) is 1. The van der Waals surface area contributed by atoms with Crippen LogP contribution in [0.15, 0.2) is 73.4 Å². The number of anilines is 1. The molecule has 0 unspecified atom stereocenters. The van der Waals surface area contributed by atoms with Gasteiger partial charge in [0.25, 0.3) is 0 Å². The minimum absolute atomic E-state index is 0.00467. The van der Waals surface area contributed by atoms with Gasteiger partial charge in [0.15, 0.2) is 5.78 Å². The normalized spacial score (nSPS) is 11.2. The fourth-order valence-corrected chi connectivity index (χ4v) is 3.97. The van der Waals surface area contributed by atoms with Crippen molar-refractivity contribution in [1.29, 1.82) is 0 Å². The Kier molecular flexibility index (Phi) is 6.18. The van der Waals surface area contributed by atoms with Crippen molar-refractivity contribution in [3.05, 3.63) is 107 Å². The molecule has 4 nitrogen and oxygen atoms in total. The SMILES string of the molecule is C=C(c1cc(C)c(C)c(OC)c1)c1ccc2[nH]cc(/C=C/C(=O)Cc3ccccc3N)c2c1. The number of nitrogen functional groups attached to an aromatic ring is 1. The number of aromatic nitrogens is 1. The number of methoxy groups -OCH3 is 1. The summed E-state index contributed by atoms with van der Waals surface area (Å²) in [7, 11) is 1.69. The summed E-state index contributed by atoms with van der Waals surface area (Å²) in [5.41, 5.74) is 14.7. The summed E-state index contributed by atoms with van der Waals surface area (Å²) in [6, 6.07) is 17.8. The Bertz CT molecular complexity index is 1390. The van der Waals surface area contributed by atoms with Gasteiger partial charge in [0.05, 0.1) is 7.11 Å². The van der Waals surface area contributed by atoms with Crippen molar-refractivity contribution >= 4 is 34.0 Å². The van der Waals surface area contributed by atoms with Gasteiger partial charge in [-0.2, -0.15) is 0 Å². The van der Waals surface area contributed by atoms with Gasteiger partial charge in [-0.1, -0.05) is 36.9 Å². The van der Waals surface area contributed by atoms with Crippen molar-refractivity contribution in [1.82, 2.24) is 4.98 Å². The van der Waals surface area contributed by atoms with Crippen molar-refractivity contribution in [2.45, 2.75) is 20.3 Å². The first-order valence-corrected chi connectivity index (χ1v) is 10.9. The summed E-state index contributed by atoms with van der Waals surface area (Å²) in [6.07, 6.45) is 5.66. The van der Waals surface area contributed by atoms with Gasteiger partial charge >= 0.3 is 0 Å². The van der Waals surface area contributed by atoms with Crippen LogP contribution in [0.3, 0.4) is 0 Å². The molecule has 1 aromatic heterocycles. The maximum Gasteiger partial charge on any atom is 0.160 e. The number of rotatable bonds is 7. The molecule has 3 N–H and O–H groups in total. The number of hydrogen-bond donors (Lipinski definition) is 2. The van der Waals surface area contributed by atoms with Gasteiger partial charge in [-0.15, -0.1) is 0 Å². The second kappa shape index (κ2) is 9.21. The quantitative estimate of drug-likeness (QED) is 0.265. The van der Waals surface area contributed by atoms with E-state index in [4.69, 9.17) is 10.5 Å². The van der Waals surface area contributed by atoms with Gasteiger partial charge in [-0.25, -0.2) is 0 Å². The molecule has 4 heteroatoms. The van der Waals surface area contributed by atoms with Gasteiger partial charge in [0, 0.05) is 29.2 Å². The minimum Gasteiger partial charge on any atom is -0.496 e. The number of H-pyrrole nitrogens is 1. The number of allylic oxidation sites excluding steroid dienone is 1. The maximum absolute atomic E-state index is 12.5. The number of carbonyl (C=O) groups is 1. The number of aryl methyl sites for hydroxylation is 1. The van der Waals surface area contributed by atoms with Crippen molar-refractivity contribution in [3.63, 3.8) is 0 Å². The van der Waals surface area contributed by atoms with E-state index in [9.17, 15) is 4.79 Å². The van der Waals surface area contributed by atoms with Crippen molar-refractivity contribution < 1.29 is 9.53 Å². The van der Waals surface area contributed by atoms with E-state index < -0.39 is 0 Å². The van der Waals surface area contributed by atoms with Gasteiger partial charge < -0.3 is 15.5 Å². The molecule has 0 radical (unpaired) electrons. The topological polar surface area (TPSA) is 68.1 Å². The molecule has 0 atom stereocenters. The molecule has 0 amide bonds. The molecule has 166 valence electrons. The first kappa shape index (κ1) is 22.2. The van der Waals surface area contributed by atoms with Crippen LogP contribution in [0.25, 0.3) is 22.6 Å². The zero-order chi connectivity index (χ0) is 23.5. The average Bonchev–Trinajstić information content (AvgIpc) is 3.22. The molecule has 4 rings (SSSR count). The van der Waals surface area contributed by atoms with Gasteiger partial charge in [0.2, 0.25) is 0 Å². The largest absolute Gasteiger partial charge is 0.496 e. The van der Waals surface area contributed by atoms with Crippen LogP contribution in [0.1, 0.15) is 33.4 Å². The Hall–Kier alpha value is -4.05. The van der Waals surface area contributed by atoms with Crippen LogP contribution >= 0.6 is 0 Å². The van der Waals surface area contributed by atoms with Gasteiger partial charge in [-0.3, -0.25) is 4.79 Å². The summed E-state index contributed by atoms with van der Waals surface area (Å²) in [5.74, 6) is 0.861. The number of ketones is 1.